The number of thiophene rings is 1. The molecule has 0 aliphatic rings. The summed E-state index contributed by atoms with van der Waals surface area (Å²) in [7, 11) is 0. The van der Waals surface area contributed by atoms with E-state index in [4.69, 9.17) is 11.6 Å². The number of aromatic nitrogens is 2. The Hall–Kier alpha value is -1.30. The Morgan fingerprint density at radius 2 is 2.16 bits per heavy atom. The summed E-state index contributed by atoms with van der Waals surface area (Å²) in [5.74, 6) is 0.680. The first-order valence-electron chi connectivity index (χ1n) is 5.58. The maximum absolute atomic E-state index is 11.8. The number of fused-ring (bicyclic) bond motifs is 1. The molecule has 1 aromatic carbocycles. The van der Waals surface area contributed by atoms with E-state index in [1.54, 1.807) is 6.07 Å². The van der Waals surface area contributed by atoms with Crippen LogP contribution in [0.25, 0.3) is 10.2 Å². The van der Waals surface area contributed by atoms with Crippen LogP contribution in [0.5, 0.6) is 0 Å². The van der Waals surface area contributed by atoms with Crippen LogP contribution in [0.2, 0.25) is 5.02 Å². The number of H-pyrrole nitrogens is 1. The third-order valence-corrected chi connectivity index (χ3v) is 4.73. The highest BCUT2D eigenvalue weighted by molar-refractivity contribution is 7.98. The van der Waals surface area contributed by atoms with E-state index in [1.807, 2.05) is 29.6 Å². The van der Waals surface area contributed by atoms with Crippen molar-refractivity contribution in [1.82, 2.24) is 9.97 Å². The number of hydrogen-bond donors (Lipinski definition) is 1. The molecule has 3 aromatic rings. The highest BCUT2D eigenvalue weighted by atomic mass is 35.5. The third kappa shape index (κ3) is 2.68. The Labute approximate surface area is 122 Å². The van der Waals surface area contributed by atoms with Crippen molar-refractivity contribution in [2.24, 2.45) is 0 Å². The third-order valence-electron chi connectivity index (χ3n) is 2.64. The van der Waals surface area contributed by atoms with Crippen molar-refractivity contribution in [3.05, 3.63) is 56.7 Å². The van der Waals surface area contributed by atoms with Crippen LogP contribution in [0.3, 0.4) is 0 Å². The second-order valence-electron chi connectivity index (χ2n) is 3.89. The summed E-state index contributed by atoms with van der Waals surface area (Å²) >= 11 is 9.04. The standard InChI is InChI=1S/C13H9ClN2OS2/c14-10-4-2-1-3-8(10)7-19-13-15-11(17)9-5-6-18-12(9)16-13/h1-6H,7H2,(H,15,16,17). The summed E-state index contributed by atoms with van der Waals surface area (Å²) in [4.78, 5) is 19.8. The lowest BCUT2D eigenvalue weighted by atomic mass is 10.2. The molecule has 0 saturated carbocycles. The van der Waals surface area contributed by atoms with Crippen LogP contribution in [0.4, 0.5) is 0 Å². The fourth-order valence-corrected chi connectivity index (χ4v) is 3.64. The van der Waals surface area contributed by atoms with Crippen molar-refractivity contribution in [1.29, 1.82) is 0 Å². The summed E-state index contributed by atoms with van der Waals surface area (Å²) in [6, 6.07) is 9.45. The smallest absolute Gasteiger partial charge is 0.260 e. The fraction of sp³-hybridized carbons (Fsp3) is 0.0769. The minimum absolute atomic E-state index is 0.0899. The van der Waals surface area contributed by atoms with Crippen LogP contribution in [0.15, 0.2) is 45.7 Å². The van der Waals surface area contributed by atoms with Gasteiger partial charge < -0.3 is 4.98 Å². The lowest BCUT2D eigenvalue weighted by molar-refractivity contribution is 0.979. The van der Waals surface area contributed by atoms with Crippen molar-refractivity contribution in [2.75, 3.05) is 0 Å². The zero-order chi connectivity index (χ0) is 13.2. The summed E-state index contributed by atoms with van der Waals surface area (Å²) in [5.41, 5.74) is 0.941. The van der Waals surface area contributed by atoms with Gasteiger partial charge in [-0.3, -0.25) is 4.79 Å². The van der Waals surface area contributed by atoms with Crippen molar-refractivity contribution < 1.29 is 0 Å². The van der Waals surface area contributed by atoms with Crippen LogP contribution >= 0.6 is 34.7 Å². The van der Waals surface area contributed by atoms with Crippen molar-refractivity contribution >= 4 is 44.9 Å². The molecule has 0 aliphatic carbocycles. The van der Waals surface area contributed by atoms with Gasteiger partial charge in [-0.15, -0.1) is 11.3 Å². The maximum atomic E-state index is 11.8. The molecular formula is C13H9ClN2OS2. The minimum Gasteiger partial charge on any atom is -0.301 e. The van der Waals surface area contributed by atoms with E-state index in [2.05, 4.69) is 9.97 Å². The first kappa shape index (κ1) is 12.7. The highest BCUT2D eigenvalue weighted by Gasteiger charge is 2.06. The number of nitrogens with zero attached hydrogens (tertiary/aromatic N) is 1. The van der Waals surface area contributed by atoms with E-state index < -0.39 is 0 Å². The molecule has 0 saturated heterocycles. The molecule has 0 atom stereocenters. The molecule has 2 aromatic heterocycles. The molecule has 1 N–H and O–H groups in total. The molecule has 0 fully saturated rings. The van der Waals surface area contributed by atoms with E-state index in [0.717, 1.165) is 15.4 Å². The van der Waals surface area contributed by atoms with E-state index >= 15 is 0 Å². The van der Waals surface area contributed by atoms with E-state index in [9.17, 15) is 4.79 Å². The molecule has 96 valence electrons. The van der Waals surface area contributed by atoms with Gasteiger partial charge in [-0.1, -0.05) is 41.6 Å². The van der Waals surface area contributed by atoms with Gasteiger partial charge in [0.25, 0.3) is 5.56 Å². The Morgan fingerprint density at radius 1 is 1.32 bits per heavy atom. The average Bonchev–Trinajstić information content (AvgIpc) is 2.87. The van der Waals surface area contributed by atoms with Gasteiger partial charge in [-0.25, -0.2) is 4.98 Å². The SMILES string of the molecule is O=c1[nH]c(SCc2ccccc2Cl)nc2sccc12. The molecule has 3 nitrogen and oxygen atoms in total. The van der Waals surface area contributed by atoms with Crippen LogP contribution in [-0.4, -0.2) is 9.97 Å². The van der Waals surface area contributed by atoms with Crippen LogP contribution in [0.1, 0.15) is 5.56 Å². The second kappa shape index (κ2) is 5.36. The van der Waals surface area contributed by atoms with Gasteiger partial charge in [0, 0.05) is 10.8 Å². The van der Waals surface area contributed by atoms with Crippen LogP contribution < -0.4 is 5.56 Å². The van der Waals surface area contributed by atoms with Gasteiger partial charge in [0.2, 0.25) is 0 Å². The molecule has 0 unspecified atom stereocenters. The Kier molecular flexibility index (Phi) is 3.59. The van der Waals surface area contributed by atoms with E-state index in [-0.39, 0.29) is 5.56 Å². The van der Waals surface area contributed by atoms with Crippen molar-refractivity contribution in [3.63, 3.8) is 0 Å². The zero-order valence-electron chi connectivity index (χ0n) is 9.72. The van der Waals surface area contributed by atoms with Crippen LogP contribution in [-0.2, 0) is 5.75 Å². The normalized spacial score (nSPS) is 11.0. The number of nitrogens with one attached hydrogen (secondary N) is 1. The van der Waals surface area contributed by atoms with Gasteiger partial charge in [0.05, 0.1) is 5.39 Å². The molecule has 19 heavy (non-hydrogen) atoms. The molecule has 3 rings (SSSR count). The van der Waals surface area contributed by atoms with Gasteiger partial charge in [-0.2, -0.15) is 0 Å². The Bertz CT molecular complexity index is 781. The molecule has 0 spiro atoms. The van der Waals surface area contributed by atoms with Crippen molar-refractivity contribution in [3.8, 4) is 0 Å². The van der Waals surface area contributed by atoms with E-state index in [0.29, 0.717) is 16.3 Å². The number of halogens is 1. The predicted molar refractivity (Wildman–Crippen MR) is 81.3 cm³/mol. The Morgan fingerprint density at radius 3 is 3.00 bits per heavy atom. The summed E-state index contributed by atoms with van der Waals surface area (Å²) in [5, 5.41) is 3.87. The summed E-state index contributed by atoms with van der Waals surface area (Å²) < 4.78 is 0. The molecule has 0 aliphatic heterocycles. The van der Waals surface area contributed by atoms with Gasteiger partial charge in [0.1, 0.15) is 4.83 Å². The quantitative estimate of drug-likeness (QED) is 0.589. The first-order valence-corrected chi connectivity index (χ1v) is 7.82. The number of rotatable bonds is 3. The number of thioether (sulfide) groups is 1. The average molecular weight is 309 g/mol. The molecule has 2 heterocycles. The zero-order valence-corrected chi connectivity index (χ0v) is 12.1. The molecule has 0 amide bonds. The largest absolute Gasteiger partial charge is 0.301 e. The van der Waals surface area contributed by atoms with Gasteiger partial charge >= 0.3 is 0 Å². The number of aromatic amines is 1. The van der Waals surface area contributed by atoms with E-state index in [1.165, 1.54) is 23.1 Å². The fourth-order valence-electron chi connectivity index (χ4n) is 1.68. The predicted octanol–water partition coefficient (Wildman–Crippen LogP) is 3.93. The number of hydrogen-bond acceptors (Lipinski definition) is 4. The molecule has 6 heteroatoms. The second-order valence-corrected chi connectivity index (χ2v) is 6.16. The lowest BCUT2D eigenvalue weighted by Crippen LogP contribution is -2.07. The van der Waals surface area contributed by atoms with Gasteiger partial charge in [-0.05, 0) is 23.1 Å². The summed E-state index contributed by atoms with van der Waals surface area (Å²) in [6.07, 6.45) is 0. The maximum Gasteiger partial charge on any atom is 0.260 e. The monoisotopic (exact) mass is 308 g/mol. The Balaban J connectivity index is 1.86. The molecular weight excluding hydrogens is 300 g/mol. The minimum atomic E-state index is -0.0899. The van der Waals surface area contributed by atoms with Crippen LogP contribution in [0, 0.1) is 0 Å². The van der Waals surface area contributed by atoms with Gasteiger partial charge in [0.15, 0.2) is 5.16 Å². The first-order chi connectivity index (χ1) is 9.24. The van der Waals surface area contributed by atoms with Crippen molar-refractivity contribution in [2.45, 2.75) is 10.9 Å². The molecule has 0 radical (unpaired) electrons. The lowest BCUT2D eigenvalue weighted by Gasteiger charge is -2.03. The summed E-state index contributed by atoms with van der Waals surface area (Å²) in [6.45, 7) is 0. The number of benzene rings is 1. The highest BCUT2D eigenvalue weighted by Crippen LogP contribution is 2.25. The molecule has 0 bridgehead atoms. The topological polar surface area (TPSA) is 45.8 Å².